The van der Waals surface area contributed by atoms with Crippen molar-refractivity contribution in [2.45, 2.75) is 31.5 Å². The van der Waals surface area contributed by atoms with Crippen LogP contribution in [0.1, 0.15) is 13.2 Å². The first-order chi connectivity index (χ1) is 7.91. The molecule has 1 aromatic heterocycles. The summed E-state index contributed by atoms with van der Waals surface area (Å²) in [5.74, 6) is -1.17. The van der Waals surface area contributed by atoms with Gasteiger partial charge in [-0.05, 0) is 6.92 Å². The predicted octanol–water partition coefficient (Wildman–Crippen LogP) is -1.69. The molecule has 0 saturated carbocycles. The zero-order valence-electron chi connectivity index (χ0n) is 8.83. The van der Waals surface area contributed by atoms with Gasteiger partial charge in [-0.1, -0.05) is 0 Å². The summed E-state index contributed by atoms with van der Waals surface area (Å²) < 4.78 is 18.9. The number of nitrogens with zero attached hydrogens (tertiary/aromatic N) is 1. The Morgan fingerprint density at radius 3 is 2.59 bits per heavy atom. The normalized spacial score (nSPS) is 32.9. The molecule has 94 valence electrons. The molecule has 0 radical (unpaired) electrons. The van der Waals surface area contributed by atoms with Crippen LogP contribution in [-0.4, -0.2) is 38.1 Å². The second-order valence-electron chi connectivity index (χ2n) is 3.86. The Balaban J connectivity index is 2.46. The summed E-state index contributed by atoms with van der Waals surface area (Å²) in [5.41, 5.74) is -2.06. The largest absolute Gasteiger partial charge is 0.388 e. The summed E-state index contributed by atoms with van der Waals surface area (Å²) in [6, 6.07) is 0. The Hall–Kier alpha value is -1.51. The molecule has 0 amide bonds. The average Bonchev–Trinajstić information content (AvgIpc) is 2.51. The summed E-state index contributed by atoms with van der Waals surface area (Å²) in [7, 11) is 0. The van der Waals surface area contributed by atoms with E-state index in [1.165, 1.54) is 6.92 Å². The SMILES string of the molecule is C[C@@H]1O[C@H](n2cc(F)c(=O)[nH]c2=O)[C@@H](O)[C@@H]1O. The molecule has 0 unspecified atom stereocenters. The van der Waals surface area contributed by atoms with E-state index in [-0.39, 0.29) is 0 Å². The van der Waals surface area contributed by atoms with Gasteiger partial charge in [0.2, 0.25) is 5.82 Å². The van der Waals surface area contributed by atoms with E-state index in [2.05, 4.69) is 0 Å². The Kier molecular flexibility index (Phi) is 2.86. The van der Waals surface area contributed by atoms with Crippen LogP contribution in [0, 0.1) is 5.82 Å². The van der Waals surface area contributed by atoms with Crippen molar-refractivity contribution in [2.24, 2.45) is 0 Å². The van der Waals surface area contributed by atoms with Crippen LogP contribution in [0.25, 0.3) is 0 Å². The van der Waals surface area contributed by atoms with Gasteiger partial charge in [0.15, 0.2) is 6.23 Å². The maximum atomic E-state index is 13.0. The van der Waals surface area contributed by atoms with Crippen molar-refractivity contribution in [2.75, 3.05) is 0 Å². The summed E-state index contributed by atoms with van der Waals surface area (Å²) in [6.45, 7) is 1.50. The third kappa shape index (κ3) is 1.90. The van der Waals surface area contributed by atoms with E-state index in [0.717, 1.165) is 0 Å². The lowest BCUT2D eigenvalue weighted by Crippen LogP contribution is -2.38. The molecule has 0 aromatic carbocycles. The maximum absolute atomic E-state index is 13.0. The van der Waals surface area contributed by atoms with Gasteiger partial charge in [0.05, 0.1) is 12.3 Å². The molecular weight excluding hydrogens is 235 g/mol. The minimum atomic E-state index is -1.37. The minimum absolute atomic E-state index is 0.639. The monoisotopic (exact) mass is 246 g/mol. The van der Waals surface area contributed by atoms with E-state index in [4.69, 9.17) is 4.74 Å². The number of rotatable bonds is 1. The second kappa shape index (κ2) is 4.06. The number of halogens is 1. The lowest BCUT2D eigenvalue weighted by molar-refractivity contribution is -0.0356. The van der Waals surface area contributed by atoms with E-state index in [0.29, 0.717) is 10.8 Å². The summed E-state index contributed by atoms with van der Waals surface area (Å²) >= 11 is 0. The van der Waals surface area contributed by atoms with Gasteiger partial charge >= 0.3 is 5.69 Å². The molecule has 1 aliphatic rings. The van der Waals surface area contributed by atoms with Crippen LogP contribution < -0.4 is 11.2 Å². The lowest BCUT2D eigenvalue weighted by Gasteiger charge is -2.16. The van der Waals surface area contributed by atoms with Crippen molar-refractivity contribution in [1.29, 1.82) is 0 Å². The standard InChI is InChI=1S/C9H11FN2O5/c1-3-5(13)6(14)8(17-3)12-2-4(10)7(15)11-9(12)16/h2-3,5-6,8,13-14H,1H3,(H,11,15,16)/t3-,5+,6-,8-/m0/s1. The van der Waals surface area contributed by atoms with Crippen molar-refractivity contribution in [3.05, 3.63) is 32.9 Å². The highest BCUT2D eigenvalue weighted by molar-refractivity contribution is 4.93. The van der Waals surface area contributed by atoms with Crippen LogP contribution >= 0.6 is 0 Å². The minimum Gasteiger partial charge on any atom is -0.388 e. The topological polar surface area (TPSA) is 105 Å². The number of ether oxygens (including phenoxy) is 1. The number of aliphatic hydroxyl groups is 2. The number of aliphatic hydroxyl groups excluding tert-OH is 2. The van der Waals surface area contributed by atoms with Crippen LogP contribution in [0.4, 0.5) is 4.39 Å². The van der Waals surface area contributed by atoms with Crippen molar-refractivity contribution < 1.29 is 19.3 Å². The molecule has 17 heavy (non-hydrogen) atoms. The quantitative estimate of drug-likeness (QED) is 0.548. The van der Waals surface area contributed by atoms with E-state index in [9.17, 15) is 24.2 Å². The second-order valence-corrected chi connectivity index (χ2v) is 3.86. The molecule has 1 fully saturated rings. The van der Waals surface area contributed by atoms with E-state index in [1.807, 2.05) is 0 Å². The molecule has 1 aromatic rings. The Morgan fingerprint density at radius 1 is 1.41 bits per heavy atom. The molecule has 3 N–H and O–H groups in total. The van der Waals surface area contributed by atoms with Gasteiger partial charge in [0.1, 0.15) is 12.2 Å². The molecule has 2 rings (SSSR count). The highest BCUT2D eigenvalue weighted by atomic mass is 19.1. The Labute approximate surface area is 94.1 Å². The van der Waals surface area contributed by atoms with Gasteiger partial charge in [0.25, 0.3) is 5.56 Å². The first kappa shape index (κ1) is 12.0. The zero-order chi connectivity index (χ0) is 12.7. The average molecular weight is 246 g/mol. The summed E-state index contributed by atoms with van der Waals surface area (Å²) in [6.07, 6.45) is -3.83. The van der Waals surface area contributed by atoms with Crippen molar-refractivity contribution in [3.8, 4) is 0 Å². The van der Waals surface area contributed by atoms with Crippen molar-refractivity contribution in [1.82, 2.24) is 9.55 Å². The molecule has 8 heteroatoms. The van der Waals surface area contributed by atoms with Gasteiger partial charge < -0.3 is 14.9 Å². The predicted molar refractivity (Wildman–Crippen MR) is 52.9 cm³/mol. The Morgan fingerprint density at radius 2 is 2.06 bits per heavy atom. The van der Waals surface area contributed by atoms with Gasteiger partial charge in [-0.2, -0.15) is 4.39 Å². The lowest BCUT2D eigenvalue weighted by atomic mass is 10.1. The van der Waals surface area contributed by atoms with Gasteiger partial charge in [-0.15, -0.1) is 0 Å². The maximum Gasteiger partial charge on any atom is 0.330 e. The van der Waals surface area contributed by atoms with Crippen LogP contribution in [0.15, 0.2) is 15.8 Å². The van der Waals surface area contributed by atoms with Crippen LogP contribution in [-0.2, 0) is 4.74 Å². The highest BCUT2D eigenvalue weighted by Gasteiger charge is 2.41. The third-order valence-corrected chi connectivity index (χ3v) is 2.68. The van der Waals surface area contributed by atoms with Crippen molar-refractivity contribution in [3.63, 3.8) is 0 Å². The first-order valence-corrected chi connectivity index (χ1v) is 4.94. The smallest absolute Gasteiger partial charge is 0.330 e. The summed E-state index contributed by atoms with van der Waals surface area (Å²) in [4.78, 5) is 24.0. The summed E-state index contributed by atoms with van der Waals surface area (Å²) in [5, 5.41) is 19.1. The fourth-order valence-electron chi connectivity index (χ4n) is 1.71. The van der Waals surface area contributed by atoms with Crippen molar-refractivity contribution >= 4 is 0 Å². The van der Waals surface area contributed by atoms with E-state index in [1.54, 1.807) is 4.98 Å². The molecule has 4 atom stereocenters. The van der Waals surface area contributed by atoms with Crippen LogP contribution in [0.2, 0.25) is 0 Å². The van der Waals surface area contributed by atoms with Crippen LogP contribution in [0.3, 0.4) is 0 Å². The third-order valence-electron chi connectivity index (χ3n) is 2.68. The number of aromatic nitrogens is 2. The molecule has 7 nitrogen and oxygen atoms in total. The number of hydrogen-bond acceptors (Lipinski definition) is 5. The molecule has 1 aliphatic heterocycles. The molecule has 0 aliphatic carbocycles. The van der Waals surface area contributed by atoms with Gasteiger partial charge in [-0.25, -0.2) is 4.79 Å². The fourth-order valence-corrected chi connectivity index (χ4v) is 1.71. The van der Waals surface area contributed by atoms with E-state index < -0.39 is 41.6 Å². The Bertz CT molecular complexity index is 539. The molecule has 1 saturated heterocycles. The van der Waals surface area contributed by atoms with Gasteiger partial charge in [0, 0.05) is 0 Å². The zero-order valence-corrected chi connectivity index (χ0v) is 8.83. The van der Waals surface area contributed by atoms with E-state index >= 15 is 0 Å². The fraction of sp³-hybridized carbons (Fsp3) is 0.556. The van der Waals surface area contributed by atoms with Gasteiger partial charge in [-0.3, -0.25) is 14.3 Å². The van der Waals surface area contributed by atoms with Crippen LogP contribution in [0.5, 0.6) is 0 Å². The molecule has 0 spiro atoms. The number of nitrogens with one attached hydrogen (secondary N) is 1. The molecule has 0 bridgehead atoms. The highest BCUT2D eigenvalue weighted by Crippen LogP contribution is 2.27. The molecular formula is C9H11FN2O5. The first-order valence-electron chi connectivity index (χ1n) is 4.94. The number of H-pyrrole nitrogens is 1. The number of hydrogen-bond donors (Lipinski definition) is 3. The molecule has 2 heterocycles. The number of aromatic amines is 1.